The molecule has 7 heteroatoms. The van der Waals surface area contributed by atoms with Gasteiger partial charge in [-0.25, -0.2) is 8.42 Å². The fourth-order valence-electron chi connectivity index (χ4n) is 2.27. The highest BCUT2D eigenvalue weighted by molar-refractivity contribution is 7.92. The van der Waals surface area contributed by atoms with E-state index >= 15 is 0 Å². The molecule has 1 aliphatic rings. The van der Waals surface area contributed by atoms with Crippen LogP contribution in [-0.4, -0.2) is 28.0 Å². The number of sulfonamides is 1. The topological polar surface area (TPSA) is 75.7 Å². The number of amides is 1. The van der Waals surface area contributed by atoms with Gasteiger partial charge in [-0.15, -0.1) is 0 Å². The number of carbonyl (C=O) groups excluding carboxylic acids is 1. The second kappa shape index (κ2) is 5.58. The third-order valence-electron chi connectivity index (χ3n) is 3.63. The Morgan fingerprint density at radius 1 is 1.13 bits per heavy atom. The molecule has 0 radical (unpaired) electrons. The van der Waals surface area contributed by atoms with Gasteiger partial charge in [-0.2, -0.15) is 0 Å². The number of hydrogen-bond donors (Lipinski definition) is 1. The number of rotatable bonds is 3. The zero-order chi connectivity index (χ0) is 16.6. The molecule has 0 aliphatic carbocycles. The van der Waals surface area contributed by atoms with Crippen LogP contribution in [0, 0.1) is 6.92 Å². The molecule has 0 unspecified atom stereocenters. The first-order chi connectivity index (χ1) is 10.9. The van der Waals surface area contributed by atoms with Gasteiger partial charge in [-0.3, -0.25) is 9.52 Å². The second-order valence-corrected chi connectivity index (χ2v) is 7.02. The van der Waals surface area contributed by atoms with E-state index in [0.717, 1.165) is 5.56 Å². The molecular formula is C16H16N2O4S. The van der Waals surface area contributed by atoms with Crippen molar-refractivity contribution < 1.29 is 17.9 Å². The number of hydrogen-bond acceptors (Lipinski definition) is 4. The summed E-state index contributed by atoms with van der Waals surface area (Å²) >= 11 is 0. The number of likely N-dealkylation sites (N-methyl/N-ethyl adjacent to an activating group) is 1. The van der Waals surface area contributed by atoms with Crippen molar-refractivity contribution in [2.45, 2.75) is 11.8 Å². The van der Waals surface area contributed by atoms with Crippen LogP contribution in [0.15, 0.2) is 47.4 Å². The standard InChI is InChI=1S/C16H16N2O4S/c1-11-3-6-13(7-4-11)23(20,21)17-12-5-8-15-14(9-12)18(2)16(19)10-22-15/h3-9,17H,10H2,1-2H3. The summed E-state index contributed by atoms with van der Waals surface area (Å²) in [4.78, 5) is 13.3. The summed E-state index contributed by atoms with van der Waals surface area (Å²) in [5.41, 5.74) is 1.88. The fraction of sp³-hybridized carbons (Fsp3) is 0.188. The Balaban J connectivity index is 1.91. The van der Waals surface area contributed by atoms with Crippen molar-refractivity contribution in [3.8, 4) is 5.75 Å². The van der Waals surface area contributed by atoms with Crippen LogP contribution in [0.3, 0.4) is 0 Å². The van der Waals surface area contributed by atoms with Gasteiger partial charge < -0.3 is 9.64 Å². The molecule has 6 nitrogen and oxygen atoms in total. The molecule has 1 heterocycles. The average Bonchev–Trinajstić information content (AvgIpc) is 2.51. The summed E-state index contributed by atoms with van der Waals surface area (Å²) in [7, 11) is -2.05. The molecule has 1 amide bonds. The molecule has 0 saturated carbocycles. The minimum absolute atomic E-state index is 0.0159. The smallest absolute Gasteiger partial charge is 0.264 e. The van der Waals surface area contributed by atoms with Gasteiger partial charge in [-0.1, -0.05) is 17.7 Å². The summed E-state index contributed by atoms with van der Waals surface area (Å²) in [6.07, 6.45) is 0. The molecule has 1 aliphatic heterocycles. The maximum absolute atomic E-state index is 12.4. The van der Waals surface area contributed by atoms with Crippen molar-refractivity contribution in [3.05, 3.63) is 48.0 Å². The summed E-state index contributed by atoms with van der Waals surface area (Å²) < 4.78 is 32.6. The van der Waals surface area contributed by atoms with E-state index in [2.05, 4.69) is 4.72 Å². The highest BCUT2D eigenvalue weighted by Crippen LogP contribution is 2.34. The van der Waals surface area contributed by atoms with Crippen molar-refractivity contribution in [1.82, 2.24) is 0 Å². The minimum Gasteiger partial charge on any atom is -0.482 e. The summed E-state index contributed by atoms with van der Waals surface area (Å²) in [6, 6.07) is 11.4. The molecule has 0 aromatic heterocycles. The Morgan fingerprint density at radius 2 is 1.83 bits per heavy atom. The van der Waals surface area contributed by atoms with Gasteiger partial charge in [0.15, 0.2) is 6.61 Å². The molecule has 1 N–H and O–H groups in total. The molecule has 120 valence electrons. The number of fused-ring (bicyclic) bond motifs is 1. The molecule has 0 bridgehead atoms. The largest absolute Gasteiger partial charge is 0.482 e. The van der Waals surface area contributed by atoms with Gasteiger partial charge in [-0.05, 0) is 37.3 Å². The van der Waals surface area contributed by atoms with Crippen molar-refractivity contribution in [1.29, 1.82) is 0 Å². The van der Waals surface area contributed by atoms with Crippen LogP contribution in [0.5, 0.6) is 5.75 Å². The highest BCUT2D eigenvalue weighted by atomic mass is 32.2. The van der Waals surface area contributed by atoms with Crippen LogP contribution in [-0.2, 0) is 14.8 Å². The van der Waals surface area contributed by atoms with Crippen molar-refractivity contribution in [2.24, 2.45) is 0 Å². The van der Waals surface area contributed by atoms with Gasteiger partial charge in [0.05, 0.1) is 16.3 Å². The first kappa shape index (κ1) is 15.4. The van der Waals surface area contributed by atoms with E-state index < -0.39 is 10.0 Å². The lowest BCUT2D eigenvalue weighted by Gasteiger charge is -2.26. The number of carbonyl (C=O) groups is 1. The lowest BCUT2D eigenvalue weighted by atomic mass is 10.2. The van der Waals surface area contributed by atoms with E-state index in [-0.39, 0.29) is 17.4 Å². The Labute approximate surface area is 134 Å². The van der Waals surface area contributed by atoms with Gasteiger partial charge in [0.2, 0.25) is 0 Å². The van der Waals surface area contributed by atoms with Crippen LogP contribution < -0.4 is 14.4 Å². The van der Waals surface area contributed by atoms with Crippen molar-refractivity contribution in [3.63, 3.8) is 0 Å². The van der Waals surface area contributed by atoms with E-state index in [1.807, 2.05) is 6.92 Å². The number of benzene rings is 2. The summed E-state index contributed by atoms with van der Waals surface area (Å²) in [5, 5.41) is 0. The Hall–Kier alpha value is -2.54. The predicted octanol–water partition coefficient (Wildman–Crippen LogP) is 2.15. The third-order valence-corrected chi connectivity index (χ3v) is 5.03. The molecule has 0 fully saturated rings. The fourth-order valence-corrected chi connectivity index (χ4v) is 3.32. The lowest BCUT2D eigenvalue weighted by molar-refractivity contribution is -0.120. The molecular weight excluding hydrogens is 316 g/mol. The van der Waals surface area contributed by atoms with E-state index in [4.69, 9.17) is 4.74 Å². The minimum atomic E-state index is -3.68. The average molecular weight is 332 g/mol. The predicted molar refractivity (Wildman–Crippen MR) is 87.3 cm³/mol. The molecule has 3 rings (SSSR count). The molecule has 23 heavy (non-hydrogen) atoms. The van der Waals surface area contributed by atoms with Gasteiger partial charge in [0.1, 0.15) is 5.75 Å². The van der Waals surface area contributed by atoms with Crippen LogP contribution in [0.1, 0.15) is 5.56 Å². The molecule has 0 saturated heterocycles. The zero-order valence-corrected chi connectivity index (χ0v) is 13.6. The van der Waals surface area contributed by atoms with E-state index in [1.165, 1.54) is 4.90 Å². The number of nitrogens with zero attached hydrogens (tertiary/aromatic N) is 1. The number of nitrogens with one attached hydrogen (secondary N) is 1. The monoisotopic (exact) mass is 332 g/mol. The lowest BCUT2D eigenvalue weighted by Crippen LogP contribution is -2.35. The first-order valence-corrected chi connectivity index (χ1v) is 8.48. The SMILES string of the molecule is Cc1ccc(S(=O)(=O)Nc2ccc3c(c2)N(C)C(=O)CO3)cc1. The van der Waals surface area contributed by atoms with Gasteiger partial charge >= 0.3 is 0 Å². The van der Waals surface area contributed by atoms with E-state index in [0.29, 0.717) is 17.1 Å². The second-order valence-electron chi connectivity index (χ2n) is 5.34. The van der Waals surface area contributed by atoms with Crippen LogP contribution in [0.4, 0.5) is 11.4 Å². The molecule has 0 atom stereocenters. The number of anilines is 2. The van der Waals surface area contributed by atoms with E-state index in [9.17, 15) is 13.2 Å². The number of aryl methyl sites for hydroxylation is 1. The van der Waals surface area contributed by atoms with Crippen LogP contribution >= 0.6 is 0 Å². The van der Waals surface area contributed by atoms with Crippen LogP contribution in [0.25, 0.3) is 0 Å². The van der Waals surface area contributed by atoms with E-state index in [1.54, 1.807) is 49.5 Å². The molecule has 2 aromatic rings. The Kier molecular flexibility index (Phi) is 3.73. The highest BCUT2D eigenvalue weighted by Gasteiger charge is 2.23. The Bertz CT molecular complexity index is 860. The van der Waals surface area contributed by atoms with Gasteiger partial charge in [0.25, 0.3) is 15.9 Å². The quantitative estimate of drug-likeness (QED) is 0.934. The number of ether oxygens (including phenoxy) is 1. The zero-order valence-electron chi connectivity index (χ0n) is 12.7. The van der Waals surface area contributed by atoms with Crippen molar-refractivity contribution in [2.75, 3.05) is 23.3 Å². The summed E-state index contributed by atoms with van der Waals surface area (Å²) in [6.45, 7) is 1.87. The molecule has 0 spiro atoms. The maximum atomic E-state index is 12.4. The van der Waals surface area contributed by atoms with Crippen LogP contribution in [0.2, 0.25) is 0 Å². The Morgan fingerprint density at radius 3 is 2.52 bits per heavy atom. The molecule has 2 aromatic carbocycles. The van der Waals surface area contributed by atoms with Gasteiger partial charge in [0, 0.05) is 7.05 Å². The first-order valence-electron chi connectivity index (χ1n) is 7.00. The third kappa shape index (κ3) is 3.00. The summed E-state index contributed by atoms with van der Waals surface area (Å²) in [5.74, 6) is 0.362. The van der Waals surface area contributed by atoms with Crippen molar-refractivity contribution >= 4 is 27.3 Å². The maximum Gasteiger partial charge on any atom is 0.264 e. The normalized spacial score (nSPS) is 14.2.